The third kappa shape index (κ3) is 6.48. The number of carbonyl (C=O) groups excluding carboxylic acids is 1. The fourth-order valence-electron chi connectivity index (χ4n) is 4.78. The van der Waals surface area contributed by atoms with Crippen molar-refractivity contribution in [2.24, 2.45) is 11.7 Å². The average molecular weight is 570 g/mol. The van der Waals surface area contributed by atoms with Crippen LogP contribution in [0.4, 0.5) is 19.0 Å². The predicted molar refractivity (Wildman–Crippen MR) is 150 cm³/mol. The molecule has 1 aliphatic rings. The number of aliphatic hydroxyl groups is 1. The number of imidazole rings is 1. The average Bonchev–Trinajstić information content (AvgIpc) is 3.27. The van der Waals surface area contributed by atoms with Crippen molar-refractivity contribution in [3.63, 3.8) is 0 Å². The Labute approximate surface area is 236 Å². The van der Waals surface area contributed by atoms with Gasteiger partial charge in [-0.1, -0.05) is 32.4 Å². The molecule has 3 aromatic heterocycles. The Morgan fingerprint density at radius 3 is 2.34 bits per heavy atom. The van der Waals surface area contributed by atoms with Gasteiger partial charge in [-0.25, -0.2) is 15.0 Å². The molecule has 0 spiro atoms. The van der Waals surface area contributed by atoms with E-state index in [0.717, 1.165) is 44.1 Å². The van der Waals surface area contributed by atoms with Gasteiger partial charge in [0.1, 0.15) is 11.2 Å². The molecule has 1 aromatic carbocycles. The van der Waals surface area contributed by atoms with Crippen LogP contribution in [-0.2, 0) is 12.7 Å². The standard InChI is InChI=1S/C28H30F3N7O.CH4O/c1-15(2)19-11-12-33-21(13-19)27-37-25-22(38(27)14-17-7-9-20(10-8-17)28(29,30)31)24(35-26(36-25)23(32)39)34-16(3)18-5-4-6-18;1-2/h7-13,15-16,18H,4-6,14H2,1-3H3,(H2,32,39)(H,34,35,36);2H,1H3/t16-;/m1./s1. The van der Waals surface area contributed by atoms with E-state index in [1.165, 1.54) is 12.1 Å². The molecule has 0 unspecified atom stereocenters. The summed E-state index contributed by atoms with van der Waals surface area (Å²) in [6, 6.07) is 8.93. The van der Waals surface area contributed by atoms with Gasteiger partial charge in [0.25, 0.3) is 5.91 Å². The molecule has 0 aliphatic heterocycles. The number of primary amides is 1. The molecule has 4 aromatic rings. The number of pyridine rings is 1. The number of carbonyl (C=O) groups is 1. The SMILES string of the molecule is CC(C)c1ccnc(-c2nc3nc(C(N)=O)nc(N[C@H](C)C4CCC4)c3n2Cc2ccc(C(F)(F)F)cc2)c1.CO. The minimum Gasteiger partial charge on any atom is -0.400 e. The van der Waals surface area contributed by atoms with Gasteiger partial charge in [-0.3, -0.25) is 9.78 Å². The number of nitrogens with one attached hydrogen (secondary N) is 1. The molecule has 1 fully saturated rings. The zero-order valence-corrected chi connectivity index (χ0v) is 23.4. The van der Waals surface area contributed by atoms with Gasteiger partial charge in [-0.15, -0.1) is 0 Å². The summed E-state index contributed by atoms with van der Waals surface area (Å²) < 4.78 is 41.4. The first-order chi connectivity index (χ1) is 19.5. The van der Waals surface area contributed by atoms with E-state index < -0.39 is 17.6 Å². The number of fused-ring (bicyclic) bond motifs is 1. The fraction of sp³-hybridized carbons (Fsp3) is 0.414. The van der Waals surface area contributed by atoms with Crippen LogP contribution in [0.1, 0.15) is 73.3 Å². The third-order valence-electron chi connectivity index (χ3n) is 7.35. The molecule has 3 heterocycles. The number of rotatable bonds is 8. The van der Waals surface area contributed by atoms with E-state index in [9.17, 15) is 18.0 Å². The lowest BCUT2D eigenvalue weighted by atomic mass is 9.80. The Morgan fingerprint density at radius 2 is 1.78 bits per heavy atom. The number of aliphatic hydroxyl groups excluding tert-OH is 1. The largest absolute Gasteiger partial charge is 0.416 e. The minimum atomic E-state index is -4.43. The molecule has 0 radical (unpaired) electrons. The summed E-state index contributed by atoms with van der Waals surface area (Å²) in [6.45, 7) is 6.38. The van der Waals surface area contributed by atoms with Crippen LogP contribution >= 0.6 is 0 Å². The number of benzene rings is 1. The monoisotopic (exact) mass is 569 g/mol. The van der Waals surface area contributed by atoms with Gasteiger partial charge >= 0.3 is 6.18 Å². The molecule has 1 amide bonds. The number of hydrogen-bond donors (Lipinski definition) is 3. The fourth-order valence-corrected chi connectivity index (χ4v) is 4.78. The Hall–Kier alpha value is -4.06. The highest BCUT2D eigenvalue weighted by atomic mass is 19.4. The highest BCUT2D eigenvalue weighted by Crippen LogP contribution is 2.34. The molecular formula is C29H34F3N7O2. The molecule has 1 aliphatic carbocycles. The van der Waals surface area contributed by atoms with Crippen molar-refractivity contribution in [2.75, 3.05) is 12.4 Å². The summed E-state index contributed by atoms with van der Waals surface area (Å²) in [5, 5.41) is 10.4. The van der Waals surface area contributed by atoms with E-state index >= 15 is 0 Å². The number of nitrogens with zero attached hydrogens (tertiary/aromatic N) is 5. The van der Waals surface area contributed by atoms with E-state index in [1.54, 1.807) is 6.20 Å². The lowest BCUT2D eigenvalue weighted by molar-refractivity contribution is -0.137. The van der Waals surface area contributed by atoms with Gasteiger partial charge in [0.2, 0.25) is 5.82 Å². The Kier molecular flexibility index (Phi) is 8.91. The van der Waals surface area contributed by atoms with Crippen LogP contribution in [0.15, 0.2) is 42.6 Å². The maximum atomic E-state index is 13.2. The highest BCUT2D eigenvalue weighted by molar-refractivity contribution is 5.94. The van der Waals surface area contributed by atoms with Crippen molar-refractivity contribution in [3.05, 3.63) is 65.1 Å². The molecule has 1 saturated carbocycles. The Bertz CT molecular complexity index is 1510. The first kappa shape index (κ1) is 29.9. The van der Waals surface area contributed by atoms with E-state index in [0.29, 0.717) is 34.3 Å². The number of halogens is 3. The van der Waals surface area contributed by atoms with Crippen LogP contribution in [0.25, 0.3) is 22.7 Å². The number of nitrogens with two attached hydrogens (primary N) is 1. The first-order valence-corrected chi connectivity index (χ1v) is 13.4. The normalized spacial score (nSPS) is 14.4. The first-order valence-electron chi connectivity index (χ1n) is 13.4. The smallest absolute Gasteiger partial charge is 0.400 e. The van der Waals surface area contributed by atoms with Crippen LogP contribution < -0.4 is 11.1 Å². The maximum absolute atomic E-state index is 13.2. The van der Waals surface area contributed by atoms with E-state index in [1.807, 2.05) is 16.7 Å². The van der Waals surface area contributed by atoms with Crippen LogP contribution in [0, 0.1) is 5.92 Å². The Balaban J connectivity index is 0.00000189. The van der Waals surface area contributed by atoms with Gasteiger partial charge in [-0.2, -0.15) is 13.2 Å². The van der Waals surface area contributed by atoms with Gasteiger partial charge in [0, 0.05) is 25.9 Å². The zero-order valence-electron chi connectivity index (χ0n) is 23.4. The molecule has 5 rings (SSSR count). The second-order valence-electron chi connectivity index (χ2n) is 10.4. The van der Waals surface area contributed by atoms with Crippen molar-refractivity contribution >= 4 is 22.9 Å². The van der Waals surface area contributed by atoms with E-state index in [2.05, 4.69) is 41.0 Å². The van der Waals surface area contributed by atoms with Crippen molar-refractivity contribution in [2.45, 2.75) is 64.7 Å². The van der Waals surface area contributed by atoms with Crippen LogP contribution in [-0.4, -0.2) is 48.7 Å². The van der Waals surface area contributed by atoms with Crippen molar-refractivity contribution in [1.82, 2.24) is 24.5 Å². The highest BCUT2D eigenvalue weighted by Gasteiger charge is 2.30. The predicted octanol–water partition coefficient (Wildman–Crippen LogP) is 5.39. The number of anilines is 1. The number of hydrogen-bond acceptors (Lipinski definition) is 7. The van der Waals surface area contributed by atoms with Gasteiger partial charge < -0.3 is 20.7 Å². The molecule has 41 heavy (non-hydrogen) atoms. The summed E-state index contributed by atoms with van der Waals surface area (Å²) in [5.41, 5.74) is 7.86. The number of alkyl halides is 3. The quantitative estimate of drug-likeness (QED) is 0.259. The summed E-state index contributed by atoms with van der Waals surface area (Å²) in [5.74, 6) is 0.612. The molecule has 0 saturated heterocycles. The van der Waals surface area contributed by atoms with Gasteiger partial charge in [-0.05, 0) is 67.0 Å². The third-order valence-corrected chi connectivity index (χ3v) is 7.35. The van der Waals surface area contributed by atoms with Gasteiger partial charge in [0.15, 0.2) is 17.3 Å². The summed E-state index contributed by atoms with van der Waals surface area (Å²) in [7, 11) is 1.00. The summed E-state index contributed by atoms with van der Waals surface area (Å²) in [6.07, 6.45) is 0.613. The zero-order chi connectivity index (χ0) is 29.9. The van der Waals surface area contributed by atoms with E-state index in [-0.39, 0.29) is 30.0 Å². The summed E-state index contributed by atoms with van der Waals surface area (Å²) >= 11 is 0. The molecule has 218 valence electrons. The maximum Gasteiger partial charge on any atom is 0.416 e. The topological polar surface area (TPSA) is 132 Å². The lowest BCUT2D eigenvalue weighted by Crippen LogP contribution is -2.31. The van der Waals surface area contributed by atoms with Gasteiger partial charge in [0.05, 0.1) is 5.56 Å². The minimum absolute atomic E-state index is 0.0674. The molecule has 9 nitrogen and oxygen atoms in total. The molecule has 4 N–H and O–H groups in total. The van der Waals surface area contributed by atoms with Crippen molar-refractivity contribution < 1.29 is 23.1 Å². The van der Waals surface area contributed by atoms with E-state index in [4.69, 9.17) is 15.8 Å². The number of aromatic nitrogens is 5. The molecular weight excluding hydrogens is 535 g/mol. The molecule has 12 heteroatoms. The van der Waals surface area contributed by atoms with Crippen LogP contribution in [0.2, 0.25) is 0 Å². The second-order valence-corrected chi connectivity index (χ2v) is 10.4. The number of amides is 1. The Morgan fingerprint density at radius 1 is 1.10 bits per heavy atom. The van der Waals surface area contributed by atoms with Crippen molar-refractivity contribution in [3.8, 4) is 11.5 Å². The van der Waals surface area contributed by atoms with Crippen LogP contribution in [0.3, 0.4) is 0 Å². The summed E-state index contributed by atoms with van der Waals surface area (Å²) in [4.78, 5) is 30.2. The molecule has 0 bridgehead atoms. The lowest BCUT2D eigenvalue weighted by Gasteiger charge is -2.32. The molecule has 1 atom stereocenters. The second kappa shape index (κ2) is 12.2. The van der Waals surface area contributed by atoms with Crippen molar-refractivity contribution in [1.29, 1.82) is 0 Å². The van der Waals surface area contributed by atoms with Crippen LogP contribution in [0.5, 0.6) is 0 Å².